The third kappa shape index (κ3) is 5.41. The fourth-order valence-corrected chi connectivity index (χ4v) is 9.77. The standard InChI is InChI=1S/C57H36N6/c1-5-19-37(20-6-1)55-58-56(38-21-7-2-8-22-38)60-57(59-55)47-36-46-43-28-14-17-31-49(43)62(40-25-11-4-12-26-40)53(46)52-45-29-15-18-32-50(45)63(54(47)52)41-33-34-44-42-27-13-16-30-48(42)61(51(44)35-41)39-23-9-3-10-24-39/h1-36H. The van der Waals surface area contributed by atoms with E-state index in [0.717, 1.165) is 82.9 Å². The van der Waals surface area contributed by atoms with Crippen LogP contribution in [0.4, 0.5) is 0 Å². The molecule has 13 aromatic rings. The molecule has 0 atom stereocenters. The van der Waals surface area contributed by atoms with Gasteiger partial charge >= 0.3 is 0 Å². The number of hydrogen-bond acceptors (Lipinski definition) is 3. The van der Waals surface area contributed by atoms with E-state index in [9.17, 15) is 0 Å². The average Bonchev–Trinajstić information content (AvgIpc) is 4.00. The second-order valence-corrected chi connectivity index (χ2v) is 16.0. The number of hydrogen-bond donors (Lipinski definition) is 0. The molecule has 0 unspecified atom stereocenters. The van der Waals surface area contributed by atoms with Gasteiger partial charge in [0.2, 0.25) is 0 Å². The number of rotatable bonds is 6. The summed E-state index contributed by atoms with van der Waals surface area (Å²) in [6.07, 6.45) is 0. The SMILES string of the molecule is c1ccc(-c2nc(-c3ccccc3)nc(-c3cc4c5ccccc5n(-c5ccccc5)c4c4c5ccccc5n(-c5ccc6c7ccccc7n(-c7ccccc7)c6c5)c34)n2)cc1. The van der Waals surface area contributed by atoms with Crippen molar-refractivity contribution >= 4 is 65.4 Å². The minimum atomic E-state index is 0.606. The van der Waals surface area contributed by atoms with Crippen LogP contribution in [-0.4, -0.2) is 28.7 Å². The molecule has 0 bridgehead atoms. The molecule has 0 N–H and O–H groups in total. The molecule has 0 fully saturated rings. The van der Waals surface area contributed by atoms with Crippen molar-refractivity contribution in [3.63, 3.8) is 0 Å². The van der Waals surface area contributed by atoms with Gasteiger partial charge in [-0.3, -0.25) is 0 Å². The molecule has 9 aromatic carbocycles. The Hall–Kier alpha value is -8.61. The summed E-state index contributed by atoms with van der Waals surface area (Å²) in [6, 6.07) is 77.3. The van der Waals surface area contributed by atoms with Crippen molar-refractivity contribution in [1.82, 2.24) is 28.7 Å². The van der Waals surface area contributed by atoms with Crippen molar-refractivity contribution in [1.29, 1.82) is 0 Å². The normalized spacial score (nSPS) is 11.8. The predicted molar refractivity (Wildman–Crippen MR) is 259 cm³/mol. The second-order valence-electron chi connectivity index (χ2n) is 16.0. The average molecular weight is 805 g/mol. The van der Waals surface area contributed by atoms with Crippen LogP contribution in [0.2, 0.25) is 0 Å². The highest BCUT2D eigenvalue weighted by Gasteiger charge is 2.27. The van der Waals surface area contributed by atoms with E-state index in [1.165, 1.54) is 16.3 Å². The quantitative estimate of drug-likeness (QED) is 0.168. The molecule has 0 aliphatic rings. The summed E-state index contributed by atoms with van der Waals surface area (Å²) < 4.78 is 7.26. The molecule has 0 amide bonds. The first kappa shape index (κ1) is 35.2. The zero-order valence-electron chi connectivity index (χ0n) is 34.0. The Labute approximate surface area is 362 Å². The van der Waals surface area contributed by atoms with E-state index >= 15 is 0 Å². The Bertz CT molecular complexity index is 3830. The molecule has 0 aliphatic carbocycles. The van der Waals surface area contributed by atoms with Crippen molar-refractivity contribution in [2.24, 2.45) is 0 Å². The molecule has 63 heavy (non-hydrogen) atoms. The fraction of sp³-hybridized carbons (Fsp3) is 0. The molecular weight excluding hydrogens is 769 g/mol. The minimum absolute atomic E-state index is 0.606. The number of para-hydroxylation sites is 5. The van der Waals surface area contributed by atoms with E-state index in [1.807, 2.05) is 36.4 Å². The molecule has 294 valence electrons. The molecular formula is C57H36N6. The first-order chi connectivity index (χ1) is 31.3. The fourth-order valence-electron chi connectivity index (χ4n) is 9.77. The van der Waals surface area contributed by atoms with Crippen LogP contribution in [0.5, 0.6) is 0 Å². The molecule has 13 rings (SSSR count). The van der Waals surface area contributed by atoms with Crippen molar-refractivity contribution in [3.05, 3.63) is 218 Å². The van der Waals surface area contributed by atoms with Crippen LogP contribution in [0, 0.1) is 0 Å². The summed E-state index contributed by atoms with van der Waals surface area (Å²) in [5, 5.41) is 6.97. The molecule has 0 spiro atoms. The maximum atomic E-state index is 5.39. The van der Waals surface area contributed by atoms with Gasteiger partial charge in [0.05, 0.1) is 33.1 Å². The largest absolute Gasteiger partial charge is 0.309 e. The molecule has 0 saturated carbocycles. The summed E-state index contributed by atoms with van der Waals surface area (Å²) in [7, 11) is 0. The lowest BCUT2D eigenvalue weighted by Crippen LogP contribution is -2.03. The van der Waals surface area contributed by atoms with Crippen molar-refractivity contribution in [2.45, 2.75) is 0 Å². The van der Waals surface area contributed by atoms with Gasteiger partial charge in [-0.1, -0.05) is 158 Å². The zero-order valence-corrected chi connectivity index (χ0v) is 34.0. The van der Waals surface area contributed by atoms with E-state index < -0.39 is 0 Å². The van der Waals surface area contributed by atoms with Crippen molar-refractivity contribution in [3.8, 4) is 51.2 Å². The summed E-state index contributed by atoms with van der Waals surface area (Å²) >= 11 is 0. The summed E-state index contributed by atoms with van der Waals surface area (Å²) in [6.45, 7) is 0. The van der Waals surface area contributed by atoms with E-state index in [4.69, 9.17) is 15.0 Å². The lowest BCUT2D eigenvalue weighted by atomic mass is 10.0. The lowest BCUT2D eigenvalue weighted by molar-refractivity contribution is 1.07. The van der Waals surface area contributed by atoms with Gasteiger partial charge in [-0.15, -0.1) is 0 Å². The minimum Gasteiger partial charge on any atom is -0.309 e. The van der Waals surface area contributed by atoms with Crippen LogP contribution in [0.3, 0.4) is 0 Å². The molecule has 0 saturated heterocycles. The Balaban J connectivity index is 1.22. The van der Waals surface area contributed by atoms with Crippen LogP contribution in [0.1, 0.15) is 0 Å². The van der Waals surface area contributed by atoms with Crippen LogP contribution < -0.4 is 0 Å². The molecule has 6 heteroatoms. The van der Waals surface area contributed by atoms with Gasteiger partial charge in [-0.2, -0.15) is 0 Å². The van der Waals surface area contributed by atoms with Crippen LogP contribution in [0.25, 0.3) is 117 Å². The van der Waals surface area contributed by atoms with Crippen LogP contribution in [-0.2, 0) is 0 Å². The van der Waals surface area contributed by atoms with Gasteiger partial charge in [0.1, 0.15) is 0 Å². The maximum Gasteiger partial charge on any atom is 0.166 e. The summed E-state index contributed by atoms with van der Waals surface area (Å²) in [5.74, 6) is 1.85. The third-order valence-corrected chi connectivity index (χ3v) is 12.5. The van der Waals surface area contributed by atoms with Gasteiger partial charge in [0.15, 0.2) is 17.5 Å². The Morgan fingerprint density at radius 2 is 0.698 bits per heavy atom. The van der Waals surface area contributed by atoms with E-state index in [-0.39, 0.29) is 0 Å². The topological polar surface area (TPSA) is 53.5 Å². The van der Waals surface area contributed by atoms with Crippen molar-refractivity contribution in [2.75, 3.05) is 0 Å². The van der Waals surface area contributed by atoms with E-state index in [1.54, 1.807) is 0 Å². The third-order valence-electron chi connectivity index (χ3n) is 12.5. The summed E-state index contributed by atoms with van der Waals surface area (Å²) in [5.41, 5.74) is 12.7. The Morgan fingerprint density at radius 3 is 1.30 bits per heavy atom. The lowest BCUT2D eigenvalue weighted by Gasteiger charge is -2.15. The number of nitrogens with zero attached hydrogens (tertiary/aromatic N) is 6. The van der Waals surface area contributed by atoms with Crippen LogP contribution >= 0.6 is 0 Å². The molecule has 4 heterocycles. The van der Waals surface area contributed by atoms with Gasteiger partial charge < -0.3 is 13.7 Å². The van der Waals surface area contributed by atoms with E-state index in [0.29, 0.717) is 17.5 Å². The monoisotopic (exact) mass is 804 g/mol. The molecule has 4 aromatic heterocycles. The van der Waals surface area contributed by atoms with Crippen LogP contribution in [0.15, 0.2) is 218 Å². The maximum absolute atomic E-state index is 5.39. The van der Waals surface area contributed by atoms with Gasteiger partial charge in [0, 0.05) is 66.1 Å². The Kier molecular flexibility index (Phi) is 7.80. The molecule has 0 aliphatic heterocycles. The molecule has 0 radical (unpaired) electrons. The predicted octanol–water partition coefficient (Wildman–Crippen LogP) is 14.2. The highest BCUT2D eigenvalue weighted by molar-refractivity contribution is 6.29. The summed E-state index contributed by atoms with van der Waals surface area (Å²) in [4.78, 5) is 15.9. The smallest absolute Gasteiger partial charge is 0.166 e. The molecule has 6 nitrogen and oxygen atoms in total. The second kappa shape index (κ2) is 14.0. The first-order valence-corrected chi connectivity index (χ1v) is 21.3. The van der Waals surface area contributed by atoms with Gasteiger partial charge in [0.25, 0.3) is 0 Å². The van der Waals surface area contributed by atoms with Gasteiger partial charge in [-0.25, -0.2) is 15.0 Å². The van der Waals surface area contributed by atoms with Gasteiger partial charge in [-0.05, 0) is 60.7 Å². The first-order valence-electron chi connectivity index (χ1n) is 21.3. The highest BCUT2D eigenvalue weighted by Crippen LogP contribution is 2.46. The highest BCUT2D eigenvalue weighted by atomic mass is 15.1. The Morgan fingerprint density at radius 1 is 0.270 bits per heavy atom. The number of aromatic nitrogens is 6. The zero-order chi connectivity index (χ0) is 41.4. The number of fused-ring (bicyclic) bond motifs is 10. The van der Waals surface area contributed by atoms with Crippen molar-refractivity contribution < 1.29 is 0 Å². The number of benzene rings is 9. The van der Waals surface area contributed by atoms with E-state index in [2.05, 4.69) is 196 Å².